The van der Waals surface area contributed by atoms with Gasteiger partial charge in [0.15, 0.2) is 0 Å². The molecule has 0 saturated carbocycles. The molecule has 144 valence electrons. The molecule has 4 aromatic rings. The zero-order chi connectivity index (χ0) is 19.4. The van der Waals surface area contributed by atoms with Crippen molar-refractivity contribution in [1.29, 1.82) is 0 Å². The molecule has 0 radical (unpaired) electrons. The molecule has 3 aliphatic heterocycles. The number of hydrogen-bond donors (Lipinski definition) is 1. The summed E-state index contributed by atoms with van der Waals surface area (Å²) in [7, 11) is 1.92. The van der Waals surface area contributed by atoms with E-state index in [1.165, 1.54) is 6.42 Å². The lowest BCUT2D eigenvalue weighted by atomic mass is 9.91. The third-order valence-electron chi connectivity index (χ3n) is 5.92. The molecular weight excluding hydrogens is 362 g/mol. The van der Waals surface area contributed by atoms with Crippen LogP contribution in [0.4, 0.5) is 5.82 Å². The number of rotatable bonds is 3. The van der Waals surface area contributed by atoms with E-state index >= 15 is 0 Å². The molecule has 0 aliphatic carbocycles. The van der Waals surface area contributed by atoms with Crippen molar-refractivity contribution in [1.82, 2.24) is 30.0 Å². The highest BCUT2D eigenvalue weighted by Crippen LogP contribution is 2.33. The first kappa shape index (κ1) is 16.6. The molecule has 1 aromatic carbocycles. The highest BCUT2D eigenvalue weighted by molar-refractivity contribution is 5.97. The van der Waals surface area contributed by atoms with E-state index in [1.54, 1.807) is 0 Å². The second-order valence-electron chi connectivity index (χ2n) is 7.96. The summed E-state index contributed by atoms with van der Waals surface area (Å²) in [6, 6.07) is 9.51. The number of nitrogens with one attached hydrogen (secondary N) is 1. The van der Waals surface area contributed by atoms with Gasteiger partial charge in [-0.15, -0.1) is 0 Å². The lowest BCUT2D eigenvalue weighted by Crippen LogP contribution is -2.67. The van der Waals surface area contributed by atoms with Crippen LogP contribution >= 0.6 is 0 Å². The summed E-state index contributed by atoms with van der Waals surface area (Å²) in [5.74, 6) is 0.954. The largest absolute Gasteiger partial charge is 0.352 e. The van der Waals surface area contributed by atoms with E-state index in [2.05, 4.69) is 38.5 Å². The van der Waals surface area contributed by atoms with Crippen LogP contribution in [0.3, 0.4) is 0 Å². The Morgan fingerprint density at radius 2 is 1.86 bits per heavy atom. The predicted molar refractivity (Wildman–Crippen MR) is 113 cm³/mol. The molecule has 6 heterocycles. The third-order valence-corrected chi connectivity index (χ3v) is 5.92. The molecule has 2 unspecified atom stereocenters. The molecule has 29 heavy (non-hydrogen) atoms. The Morgan fingerprint density at radius 1 is 1.00 bits per heavy atom. The molecule has 3 aliphatic rings. The Labute approximate surface area is 168 Å². The zero-order valence-electron chi connectivity index (χ0n) is 16.2. The number of aromatic nitrogens is 5. The maximum Gasteiger partial charge on any atom is 0.147 e. The molecule has 3 saturated heterocycles. The van der Waals surface area contributed by atoms with Gasteiger partial charge in [0.05, 0.1) is 29.8 Å². The van der Waals surface area contributed by atoms with Gasteiger partial charge in [-0.1, -0.05) is 6.07 Å². The van der Waals surface area contributed by atoms with Gasteiger partial charge in [0.2, 0.25) is 0 Å². The normalized spacial score (nSPS) is 20.7. The highest BCUT2D eigenvalue weighted by atomic mass is 15.3. The minimum atomic E-state index is 0.599. The first-order valence-electron chi connectivity index (χ1n) is 9.94. The quantitative estimate of drug-likeness (QED) is 0.586. The third kappa shape index (κ3) is 2.86. The number of piperidine rings is 1. The van der Waals surface area contributed by atoms with Crippen LogP contribution in [-0.2, 0) is 7.05 Å². The number of pyridine rings is 1. The molecule has 1 N–H and O–H groups in total. The first-order chi connectivity index (χ1) is 14.2. The van der Waals surface area contributed by atoms with Gasteiger partial charge in [0, 0.05) is 61.1 Å². The van der Waals surface area contributed by atoms with E-state index in [0.29, 0.717) is 12.1 Å². The molecule has 2 atom stereocenters. The van der Waals surface area contributed by atoms with Gasteiger partial charge in [-0.2, -0.15) is 5.10 Å². The average Bonchev–Trinajstić information content (AvgIpc) is 3.19. The summed E-state index contributed by atoms with van der Waals surface area (Å²) in [5, 5.41) is 8.94. The maximum absolute atomic E-state index is 4.78. The van der Waals surface area contributed by atoms with Crippen molar-refractivity contribution >= 4 is 16.7 Å². The van der Waals surface area contributed by atoms with Crippen LogP contribution in [0.25, 0.3) is 33.3 Å². The van der Waals surface area contributed by atoms with Crippen molar-refractivity contribution < 1.29 is 0 Å². The van der Waals surface area contributed by atoms with E-state index in [4.69, 9.17) is 9.97 Å². The number of hydrogen-bond acceptors (Lipinski definition) is 6. The summed E-state index contributed by atoms with van der Waals surface area (Å²) in [5.41, 5.74) is 4.98. The standard InChI is InChI=1S/C22H21N7/c1-28-11-15(8-26-28)14-5-19(18-3-2-4-23-20(18)6-14)21-9-25-22(10-24-21)29-12-16-7-17(13-29)27-16/h2-6,8-11,16-17,27H,7,12-13H2,1H3. The van der Waals surface area contributed by atoms with Gasteiger partial charge >= 0.3 is 0 Å². The molecule has 3 fully saturated rings. The van der Waals surface area contributed by atoms with E-state index in [9.17, 15) is 0 Å². The lowest BCUT2D eigenvalue weighted by Gasteiger charge is -2.48. The second-order valence-corrected chi connectivity index (χ2v) is 7.96. The van der Waals surface area contributed by atoms with Crippen molar-refractivity contribution in [2.75, 3.05) is 18.0 Å². The minimum Gasteiger partial charge on any atom is -0.352 e. The number of anilines is 1. The Kier molecular flexibility index (Phi) is 3.64. The molecule has 7 heteroatoms. The summed E-state index contributed by atoms with van der Waals surface area (Å²) in [6.45, 7) is 2.02. The average molecular weight is 383 g/mol. The van der Waals surface area contributed by atoms with Crippen LogP contribution < -0.4 is 10.2 Å². The van der Waals surface area contributed by atoms with Gasteiger partial charge in [0.25, 0.3) is 0 Å². The molecule has 7 nitrogen and oxygen atoms in total. The van der Waals surface area contributed by atoms with Crippen LogP contribution in [0, 0.1) is 0 Å². The van der Waals surface area contributed by atoms with Crippen LogP contribution in [0.2, 0.25) is 0 Å². The molecular formula is C22H21N7. The number of fused-ring (bicyclic) bond motifs is 3. The van der Waals surface area contributed by atoms with Crippen molar-refractivity contribution in [3.63, 3.8) is 0 Å². The van der Waals surface area contributed by atoms with Crippen LogP contribution in [0.1, 0.15) is 6.42 Å². The Hall–Kier alpha value is -3.32. The fourth-order valence-electron chi connectivity index (χ4n) is 4.46. The van der Waals surface area contributed by atoms with Crippen molar-refractivity contribution in [3.8, 4) is 22.4 Å². The fourth-order valence-corrected chi connectivity index (χ4v) is 4.46. The molecule has 3 aromatic heterocycles. The van der Waals surface area contributed by atoms with Crippen molar-refractivity contribution in [2.24, 2.45) is 7.05 Å². The summed E-state index contributed by atoms with van der Waals surface area (Å²) < 4.78 is 1.81. The number of aryl methyl sites for hydroxylation is 1. The van der Waals surface area contributed by atoms with Gasteiger partial charge in [-0.25, -0.2) is 4.98 Å². The lowest BCUT2D eigenvalue weighted by molar-refractivity contribution is 0.225. The number of nitrogens with zero attached hydrogens (tertiary/aromatic N) is 6. The fraction of sp³-hybridized carbons (Fsp3) is 0.273. The van der Waals surface area contributed by atoms with Crippen LogP contribution in [0.5, 0.6) is 0 Å². The van der Waals surface area contributed by atoms with Gasteiger partial charge in [-0.3, -0.25) is 14.6 Å². The Balaban J connectivity index is 1.41. The highest BCUT2D eigenvalue weighted by Gasteiger charge is 2.36. The summed E-state index contributed by atoms with van der Waals surface area (Å²) >= 11 is 0. The minimum absolute atomic E-state index is 0.599. The number of benzene rings is 1. The van der Waals surface area contributed by atoms with E-state index < -0.39 is 0 Å². The van der Waals surface area contributed by atoms with Crippen LogP contribution in [-0.4, -0.2) is 49.9 Å². The van der Waals surface area contributed by atoms with E-state index in [-0.39, 0.29) is 0 Å². The predicted octanol–water partition coefficient (Wildman–Crippen LogP) is 2.64. The maximum atomic E-state index is 4.78. The topological polar surface area (TPSA) is 71.8 Å². The SMILES string of the molecule is Cn1cc(-c2cc(-c3cnc(N4CC5CC(C4)N5)cn3)c3cccnc3c2)cn1. The molecule has 2 bridgehead atoms. The van der Waals surface area contributed by atoms with Crippen molar-refractivity contribution in [3.05, 3.63) is 55.2 Å². The zero-order valence-corrected chi connectivity index (χ0v) is 16.2. The monoisotopic (exact) mass is 383 g/mol. The Morgan fingerprint density at radius 3 is 2.59 bits per heavy atom. The van der Waals surface area contributed by atoms with E-state index in [1.807, 2.05) is 48.8 Å². The van der Waals surface area contributed by atoms with Crippen molar-refractivity contribution in [2.45, 2.75) is 18.5 Å². The van der Waals surface area contributed by atoms with Gasteiger partial charge < -0.3 is 10.2 Å². The summed E-state index contributed by atoms with van der Waals surface area (Å²) in [6.07, 6.45) is 10.8. The van der Waals surface area contributed by atoms with E-state index in [0.717, 1.165) is 52.2 Å². The van der Waals surface area contributed by atoms with Gasteiger partial charge in [0.1, 0.15) is 5.82 Å². The second kappa shape index (κ2) is 6.35. The number of piperazine rings is 1. The Bertz CT molecular complexity index is 1180. The molecule has 0 spiro atoms. The molecule has 0 amide bonds. The molecule has 7 rings (SSSR count). The summed E-state index contributed by atoms with van der Waals surface area (Å²) in [4.78, 5) is 16.4. The smallest absolute Gasteiger partial charge is 0.147 e. The first-order valence-corrected chi connectivity index (χ1v) is 9.94. The van der Waals surface area contributed by atoms with Crippen LogP contribution in [0.15, 0.2) is 55.2 Å². The van der Waals surface area contributed by atoms with Gasteiger partial charge in [-0.05, 0) is 30.2 Å².